The van der Waals surface area contributed by atoms with Crippen LogP contribution in [0.25, 0.3) is 22.3 Å². The number of imidazole rings is 1. The highest BCUT2D eigenvalue weighted by Gasteiger charge is 2.51. The number of nitrogen functional groups attached to an aromatic ring is 2. The lowest BCUT2D eigenvalue weighted by atomic mass is 10.1. The minimum Gasteiger partial charge on any atom is -0.394 e. The zero-order valence-electron chi connectivity index (χ0n) is 22.2. The van der Waals surface area contributed by atoms with E-state index in [1.165, 1.54) is 0 Å². The van der Waals surface area contributed by atoms with Crippen LogP contribution in [0.5, 0.6) is 0 Å². The number of thiol groups is 1. The molecule has 6 heterocycles. The lowest BCUT2D eigenvalue weighted by Gasteiger charge is -2.26. The molecule has 244 valence electrons. The molecule has 9 atom stereocenters. The van der Waals surface area contributed by atoms with E-state index in [1.807, 2.05) is 0 Å². The zero-order valence-corrected chi connectivity index (χ0v) is 25.7. The lowest BCUT2D eigenvalue weighted by Crippen LogP contribution is -2.33. The maximum absolute atomic E-state index is 15.3. The smallest absolute Gasteiger partial charge is 0.325 e. The first-order chi connectivity index (χ1) is 21.4. The van der Waals surface area contributed by atoms with Gasteiger partial charge >= 0.3 is 6.72 Å². The standard InChI is InChI=1S/C19H22F2N11O8PS.HOPS/c20-7-5(1-33)38-18(31-4-26-10-15(31)27-19(23)28-16(10)35)12(7)40-41(36,42)37-2-6-11(34)8(21)17(39-6)32-14-9(29-30-32)13(22)24-3-25-14;1-2-3/h3-8,11-12,17-18,33-34H,1-2H2,(H,36,42)(H2,22,24,25)(H3,23,27,28,35);(H,1,3)/t5-,6-,7-,8+,11-,12-,17-,18-,41?;/m1./s1. The normalized spacial score (nSPS) is 29.6. The highest BCUT2D eigenvalue weighted by Crippen LogP contribution is 2.51. The van der Waals surface area contributed by atoms with Crippen LogP contribution in [0, 0.1) is 0 Å². The Morgan fingerprint density at radius 1 is 1.16 bits per heavy atom. The van der Waals surface area contributed by atoms with Gasteiger partial charge in [0, 0.05) is 0 Å². The molecule has 2 saturated heterocycles. The van der Waals surface area contributed by atoms with Gasteiger partial charge in [-0.1, -0.05) is 17.5 Å². The Labute approximate surface area is 260 Å². The molecule has 20 nitrogen and oxygen atoms in total. The van der Waals surface area contributed by atoms with E-state index < -0.39 is 74.7 Å². The van der Waals surface area contributed by atoms with Gasteiger partial charge in [0.15, 0.2) is 52.9 Å². The van der Waals surface area contributed by atoms with Crippen molar-refractivity contribution in [2.75, 3.05) is 24.7 Å². The first kappa shape index (κ1) is 33.5. The van der Waals surface area contributed by atoms with Crippen LogP contribution in [-0.4, -0.2) is 110 Å². The number of nitrogens with zero attached hydrogens (tertiary/aromatic N) is 8. The van der Waals surface area contributed by atoms with Gasteiger partial charge in [-0.25, -0.2) is 23.7 Å². The van der Waals surface area contributed by atoms with E-state index in [4.69, 9.17) is 46.4 Å². The van der Waals surface area contributed by atoms with Crippen molar-refractivity contribution in [3.8, 4) is 0 Å². The summed E-state index contributed by atoms with van der Waals surface area (Å²) >= 11 is 8.25. The number of hydrogen-bond acceptors (Lipinski definition) is 17. The molecule has 2 fully saturated rings. The van der Waals surface area contributed by atoms with Gasteiger partial charge in [0.05, 0.1) is 19.5 Å². The number of anilines is 2. The van der Waals surface area contributed by atoms with Gasteiger partial charge in [0.25, 0.3) is 5.56 Å². The molecule has 0 aliphatic carbocycles. The van der Waals surface area contributed by atoms with Gasteiger partial charge in [-0.2, -0.15) is 9.67 Å². The van der Waals surface area contributed by atoms with E-state index in [1.54, 1.807) is 0 Å². The van der Waals surface area contributed by atoms with Gasteiger partial charge in [0.2, 0.25) is 13.6 Å². The fraction of sp³-hybridized carbons (Fsp3) is 0.526. The van der Waals surface area contributed by atoms with Gasteiger partial charge in [0.1, 0.15) is 30.7 Å². The van der Waals surface area contributed by atoms with Crippen molar-refractivity contribution < 1.29 is 47.0 Å². The largest absolute Gasteiger partial charge is 0.394 e. The maximum Gasteiger partial charge on any atom is 0.325 e. The van der Waals surface area contributed by atoms with Crippen molar-refractivity contribution in [1.82, 2.24) is 44.5 Å². The third kappa shape index (κ3) is 6.53. The molecule has 4 aromatic rings. The van der Waals surface area contributed by atoms with Crippen molar-refractivity contribution in [2.45, 2.75) is 49.2 Å². The third-order valence-corrected chi connectivity index (χ3v) is 8.21. The van der Waals surface area contributed by atoms with Crippen molar-refractivity contribution in [3.63, 3.8) is 0 Å². The SMILES string of the molecule is Nc1nc2c(ncn2[C@@H]2O[C@H](CO)[C@@H](F)[C@H]2OP(O)(=S)OC[C@H]2O[C@@H](n3nnc4c(N)ncnc43)[C@@H](F)[C@@H]2O)c(=O)[nH]1.O=PS. The lowest BCUT2D eigenvalue weighted by molar-refractivity contribution is -0.0576. The van der Waals surface area contributed by atoms with Crippen molar-refractivity contribution in [3.05, 3.63) is 23.0 Å². The number of nitrogens with one attached hydrogen (secondary N) is 1. The number of aliphatic hydroxyl groups excluding tert-OH is 2. The summed E-state index contributed by atoms with van der Waals surface area (Å²) in [6.07, 6.45) is -11.1. The summed E-state index contributed by atoms with van der Waals surface area (Å²) in [5, 5.41) is 27.6. The molecule has 4 aromatic heterocycles. The molecule has 0 aromatic carbocycles. The first-order valence-corrected chi connectivity index (χ1v) is 17.0. The second-order valence-electron chi connectivity index (χ2n) is 9.35. The Hall–Kier alpha value is -2.89. The summed E-state index contributed by atoms with van der Waals surface area (Å²) in [7, 11) is -0.139. The second kappa shape index (κ2) is 13.5. The molecule has 1 unspecified atom stereocenters. The highest BCUT2D eigenvalue weighted by molar-refractivity contribution is 8.33. The van der Waals surface area contributed by atoms with Crippen LogP contribution in [0.4, 0.5) is 20.5 Å². The molecule has 0 bridgehead atoms. The average Bonchev–Trinajstić information content (AvgIpc) is 3.74. The number of aromatic amines is 1. The Balaban J connectivity index is 0.00000128. The summed E-state index contributed by atoms with van der Waals surface area (Å²) in [5.41, 5.74) is 10.6. The first-order valence-electron chi connectivity index (χ1n) is 12.4. The number of aliphatic hydroxyl groups is 2. The molecule has 26 heteroatoms. The summed E-state index contributed by atoms with van der Waals surface area (Å²) in [4.78, 5) is 40.9. The number of nitrogens with two attached hydrogens (primary N) is 2. The molecule has 8 N–H and O–H groups in total. The molecular formula is C19H23F2N11O9P2S2. The molecule has 0 saturated carbocycles. The molecule has 0 radical (unpaired) electrons. The fourth-order valence-corrected chi connectivity index (χ4v) is 6.06. The van der Waals surface area contributed by atoms with E-state index in [-0.39, 0.29) is 41.8 Å². The number of H-pyrrole nitrogens is 1. The number of aromatic nitrogens is 9. The van der Waals surface area contributed by atoms with Gasteiger partial charge in [-0.3, -0.25) is 23.4 Å². The minimum atomic E-state index is -4.36. The van der Waals surface area contributed by atoms with Gasteiger partial charge in [-0.15, -0.1) is 5.10 Å². The zero-order chi connectivity index (χ0) is 32.6. The van der Waals surface area contributed by atoms with Crippen LogP contribution in [-0.2, 0) is 34.9 Å². The summed E-state index contributed by atoms with van der Waals surface area (Å²) in [6.45, 7) is -5.82. The number of halogens is 2. The quantitative estimate of drug-likeness (QED) is 0.0859. The van der Waals surface area contributed by atoms with E-state index in [0.717, 1.165) is 21.9 Å². The van der Waals surface area contributed by atoms with E-state index in [9.17, 15) is 19.9 Å². The monoisotopic (exact) mass is 713 g/mol. The Kier molecular flexibility index (Phi) is 10.0. The number of rotatable bonds is 8. The van der Waals surface area contributed by atoms with Crippen molar-refractivity contribution in [2.24, 2.45) is 0 Å². The van der Waals surface area contributed by atoms with Crippen LogP contribution in [0.1, 0.15) is 12.5 Å². The van der Waals surface area contributed by atoms with Crippen LogP contribution in [0.3, 0.4) is 0 Å². The fourth-order valence-electron chi connectivity index (χ4n) is 4.65. The Morgan fingerprint density at radius 2 is 1.87 bits per heavy atom. The molecule has 2 aliphatic rings. The van der Waals surface area contributed by atoms with Gasteiger partial charge < -0.3 is 40.6 Å². The number of alkyl halides is 2. The molecule has 45 heavy (non-hydrogen) atoms. The van der Waals surface area contributed by atoms with Crippen LogP contribution in [0.15, 0.2) is 17.4 Å². The second-order valence-corrected chi connectivity index (χ2v) is 12.8. The van der Waals surface area contributed by atoms with E-state index >= 15 is 8.78 Å². The number of ether oxygens (including phenoxy) is 2. The van der Waals surface area contributed by atoms with Crippen molar-refractivity contribution in [1.29, 1.82) is 0 Å². The summed E-state index contributed by atoms with van der Waals surface area (Å²) in [6, 6.07) is 0. The predicted octanol–water partition coefficient (Wildman–Crippen LogP) is -0.915. The third-order valence-electron chi connectivity index (χ3n) is 6.65. The molecule has 0 spiro atoms. The molecule has 2 aliphatic heterocycles. The van der Waals surface area contributed by atoms with E-state index in [2.05, 4.69) is 47.5 Å². The van der Waals surface area contributed by atoms with Gasteiger partial charge in [-0.05, 0) is 11.8 Å². The van der Waals surface area contributed by atoms with Crippen molar-refractivity contribution >= 4 is 72.5 Å². The van der Waals surface area contributed by atoms with Crippen LogP contribution < -0.4 is 17.0 Å². The Morgan fingerprint density at radius 3 is 2.58 bits per heavy atom. The molecule has 0 amide bonds. The average molecular weight is 714 g/mol. The highest BCUT2D eigenvalue weighted by atomic mass is 32.7. The summed E-state index contributed by atoms with van der Waals surface area (Å²) < 4.78 is 63.1. The molecule has 6 rings (SSSR count). The Bertz CT molecular complexity index is 1800. The van der Waals surface area contributed by atoms with Crippen LogP contribution >= 0.6 is 26.6 Å². The minimum absolute atomic E-state index is 0.00301. The predicted molar refractivity (Wildman–Crippen MR) is 155 cm³/mol. The summed E-state index contributed by atoms with van der Waals surface area (Å²) in [5.74, 6) is -0.262. The maximum atomic E-state index is 15.3. The number of fused-ring (bicyclic) bond motifs is 2. The molecular weight excluding hydrogens is 690 g/mol. The van der Waals surface area contributed by atoms with E-state index in [0.29, 0.717) is 0 Å². The topological polar surface area (TPSA) is 287 Å². The number of hydrogen-bond donors (Lipinski definition) is 7. The van der Waals surface area contributed by atoms with Crippen LogP contribution in [0.2, 0.25) is 0 Å².